The highest BCUT2D eigenvalue weighted by atomic mass is 16.5. The van der Waals surface area contributed by atoms with Gasteiger partial charge in [0.25, 0.3) is 0 Å². The minimum Gasteiger partial charge on any atom is -0.495 e. The molecule has 1 rings (SSSR count). The molecule has 0 spiro atoms. The lowest BCUT2D eigenvalue weighted by molar-refractivity contribution is -0.929. The largest absolute Gasteiger partial charge is 0.495 e. The van der Waals surface area contributed by atoms with Crippen molar-refractivity contribution in [1.82, 2.24) is 0 Å². The molecule has 1 aromatic rings. The van der Waals surface area contributed by atoms with Crippen molar-refractivity contribution in [2.45, 2.75) is 6.92 Å². The third kappa shape index (κ3) is 14.5. The van der Waals surface area contributed by atoms with E-state index in [2.05, 4.69) is 4.90 Å². The van der Waals surface area contributed by atoms with Gasteiger partial charge in [0.2, 0.25) is 0 Å². The second-order valence-electron chi connectivity index (χ2n) is 11.0. The van der Waals surface area contributed by atoms with E-state index in [1.54, 1.807) is 13.2 Å². The van der Waals surface area contributed by atoms with Crippen LogP contribution in [-0.2, 0) is 14.2 Å². The summed E-state index contributed by atoms with van der Waals surface area (Å²) in [6.07, 6.45) is 0. The zero-order chi connectivity index (χ0) is 32.7. The molecule has 0 radical (unpaired) electrons. The van der Waals surface area contributed by atoms with Gasteiger partial charge in [0.1, 0.15) is 58.1 Å². The molecule has 0 amide bonds. The summed E-state index contributed by atoms with van der Waals surface area (Å²) in [4.78, 5) is 2.12. The normalized spacial score (nSPS) is 12.2. The highest BCUT2D eigenvalue weighted by Gasteiger charge is 2.27. The molecule has 44 heavy (non-hydrogen) atoms. The van der Waals surface area contributed by atoms with Gasteiger partial charge in [-0.05, 0) is 18.6 Å². The van der Waals surface area contributed by atoms with Crippen molar-refractivity contribution in [3.63, 3.8) is 0 Å². The number of nitrogens with zero attached hydrogens (tertiary/aromatic N) is 3. The second-order valence-corrected chi connectivity index (χ2v) is 11.0. The van der Waals surface area contributed by atoms with E-state index in [-0.39, 0.29) is 39.6 Å². The van der Waals surface area contributed by atoms with Crippen LogP contribution in [0.3, 0.4) is 0 Å². The average Bonchev–Trinajstić information content (AvgIpc) is 2.99. The van der Waals surface area contributed by atoms with Gasteiger partial charge >= 0.3 is 0 Å². The Morgan fingerprint density at radius 3 is 1.36 bits per heavy atom. The molecule has 0 bridgehead atoms. The lowest BCUT2D eigenvalue weighted by Crippen LogP contribution is -2.55. The molecule has 0 aliphatic heterocycles. The fraction of sp³-hybridized carbons (Fsp3) is 0.800. The van der Waals surface area contributed by atoms with Crippen LogP contribution < -0.4 is 15.4 Å². The fourth-order valence-electron chi connectivity index (χ4n) is 5.36. The van der Waals surface area contributed by atoms with Gasteiger partial charge in [0.05, 0.1) is 92.1 Å². The first kappa shape index (κ1) is 40.2. The Labute approximate surface area is 262 Å². The number of quaternary nitrogens is 2. The molecular weight excluding hydrogens is 576 g/mol. The Bertz CT molecular complexity index is 833. The van der Waals surface area contributed by atoms with Crippen LogP contribution in [0.1, 0.15) is 5.56 Å². The van der Waals surface area contributed by atoms with Crippen LogP contribution >= 0.6 is 0 Å². The molecule has 0 heterocycles. The number of methoxy groups -OCH3 is 1. The number of benzene rings is 1. The standard InChI is InChI=1S/C30H60N4O10/c1-27-25-29(30(41-2)26-28(27)31)32(3-19-42-21-11-33(5-13-35,6-14-36)7-15-37)4-20-43-23-24-44-22-12-34(8-16-38,9-17-39)10-18-40/h25-26,35-40H,3-24,31H2,1-2H3/q+2. The van der Waals surface area contributed by atoms with Gasteiger partial charge in [0.15, 0.2) is 0 Å². The molecule has 0 aliphatic rings. The molecule has 0 aliphatic carbocycles. The van der Waals surface area contributed by atoms with Crippen molar-refractivity contribution in [3.8, 4) is 5.75 Å². The molecule has 8 N–H and O–H groups in total. The van der Waals surface area contributed by atoms with Crippen LogP contribution in [0.25, 0.3) is 0 Å². The zero-order valence-electron chi connectivity index (χ0n) is 26.9. The van der Waals surface area contributed by atoms with Crippen LogP contribution in [0.15, 0.2) is 12.1 Å². The molecule has 0 fully saturated rings. The van der Waals surface area contributed by atoms with Gasteiger partial charge in [-0.2, -0.15) is 0 Å². The number of hydrogen-bond acceptors (Lipinski definition) is 12. The molecule has 14 nitrogen and oxygen atoms in total. The summed E-state index contributed by atoms with van der Waals surface area (Å²) in [5.74, 6) is 0.649. The summed E-state index contributed by atoms with van der Waals surface area (Å²) in [6, 6.07) is 3.79. The number of nitrogens with two attached hydrogens (primary N) is 1. The number of aryl methyl sites for hydroxylation is 1. The van der Waals surface area contributed by atoms with Crippen molar-refractivity contribution in [3.05, 3.63) is 17.7 Å². The summed E-state index contributed by atoms with van der Waals surface area (Å²) >= 11 is 0. The number of anilines is 2. The third-order valence-electron chi connectivity index (χ3n) is 8.16. The van der Waals surface area contributed by atoms with Gasteiger partial charge in [-0.25, -0.2) is 0 Å². The first-order valence-electron chi connectivity index (χ1n) is 15.6. The number of ether oxygens (including phenoxy) is 4. The first-order valence-corrected chi connectivity index (χ1v) is 15.6. The molecule has 0 atom stereocenters. The highest BCUT2D eigenvalue weighted by Crippen LogP contribution is 2.32. The number of rotatable bonds is 29. The Balaban J connectivity index is 2.68. The van der Waals surface area contributed by atoms with Crippen molar-refractivity contribution in [2.24, 2.45) is 0 Å². The average molecular weight is 637 g/mol. The van der Waals surface area contributed by atoms with E-state index in [0.717, 1.165) is 11.3 Å². The summed E-state index contributed by atoms with van der Waals surface area (Å²) in [5, 5.41) is 56.8. The van der Waals surface area contributed by atoms with Gasteiger partial charge < -0.3 is 69.2 Å². The lowest BCUT2D eigenvalue weighted by atomic mass is 10.1. The van der Waals surface area contributed by atoms with Crippen molar-refractivity contribution < 1.29 is 58.6 Å². The summed E-state index contributed by atoms with van der Waals surface area (Å²) < 4.78 is 24.0. The van der Waals surface area contributed by atoms with Crippen LogP contribution in [0.5, 0.6) is 5.75 Å². The van der Waals surface area contributed by atoms with E-state index in [1.165, 1.54) is 0 Å². The SMILES string of the molecule is COc1cc(N)c(C)cc1N(CCOCCOCC[N+](CCO)(CCO)CCO)CCOCC[N+](CCO)(CCO)CCO. The molecule has 0 aromatic heterocycles. The smallest absolute Gasteiger partial charge is 0.144 e. The summed E-state index contributed by atoms with van der Waals surface area (Å²) in [5.41, 5.74) is 8.56. The Morgan fingerprint density at radius 2 is 0.977 bits per heavy atom. The number of aliphatic hydroxyl groups is 6. The van der Waals surface area contributed by atoms with E-state index in [1.807, 2.05) is 13.0 Å². The molecule has 1 aromatic carbocycles. The van der Waals surface area contributed by atoms with Gasteiger partial charge in [0, 0.05) is 24.8 Å². The lowest BCUT2D eigenvalue weighted by Gasteiger charge is -2.37. The van der Waals surface area contributed by atoms with Crippen LogP contribution in [0.4, 0.5) is 11.4 Å². The predicted octanol–water partition coefficient (Wildman–Crippen LogP) is -1.97. The quantitative estimate of drug-likeness (QED) is 0.0293. The molecular formula is C30H60N4O10+2. The van der Waals surface area contributed by atoms with E-state index in [4.69, 9.17) is 24.7 Å². The monoisotopic (exact) mass is 636 g/mol. The van der Waals surface area contributed by atoms with E-state index >= 15 is 0 Å². The Kier molecular flexibility index (Phi) is 21.5. The molecule has 0 saturated carbocycles. The van der Waals surface area contributed by atoms with Gasteiger partial charge in [-0.15, -0.1) is 0 Å². The van der Waals surface area contributed by atoms with Crippen molar-refractivity contribution in [2.75, 3.05) is 162 Å². The van der Waals surface area contributed by atoms with Crippen LogP contribution in [-0.4, -0.2) is 191 Å². The second kappa shape index (κ2) is 23.5. The van der Waals surface area contributed by atoms with E-state index < -0.39 is 0 Å². The van der Waals surface area contributed by atoms with E-state index in [9.17, 15) is 30.6 Å². The van der Waals surface area contributed by atoms with E-state index in [0.29, 0.717) is 125 Å². The van der Waals surface area contributed by atoms with Crippen molar-refractivity contribution in [1.29, 1.82) is 0 Å². The summed E-state index contributed by atoms with van der Waals surface area (Å²) in [7, 11) is 1.60. The Hall–Kier alpha value is -1.82. The number of aliphatic hydroxyl groups excluding tert-OH is 6. The third-order valence-corrected chi connectivity index (χ3v) is 8.16. The van der Waals surface area contributed by atoms with Crippen LogP contribution in [0, 0.1) is 6.92 Å². The first-order chi connectivity index (χ1) is 21.3. The Morgan fingerprint density at radius 1 is 0.591 bits per heavy atom. The molecule has 0 saturated heterocycles. The highest BCUT2D eigenvalue weighted by molar-refractivity contribution is 5.67. The summed E-state index contributed by atoms with van der Waals surface area (Å²) in [6.45, 7) is 9.13. The maximum atomic E-state index is 9.51. The number of nitrogen functional groups attached to an aromatic ring is 1. The predicted molar refractivity (Wildman–Crippen MR) is 169 cm³/mol. The minimum atomic E-state index is -0.0355. The molecule has 14 heteroatoms. The van der Waals surface area contributed by atoms with Gasteiger partial charge in [-0.1, -0.05) is 0 Å². The number of hydrogen-bond donors (Lipinski definition) is 7. The maximum absolute atomic E-state index is 9.51. The molecule has 258 valence electrons. The van der Waals surface area contributed by atoms with Crippen LogP contribution in [0.2, 0.25) is 0 Å². The van der Waals surface area contributed by atoms with Crippen molar-refractivity contribution >= 4 is 11.4 Å². The zero-order valence-corrected chi connectivity index (χ0v) is 26.9. The fourth-order valence-corrected chi connectivity index (χ4v) is 5.36. The minimum absolute atomic E-state index is 0.0277. The molecule has 0 unspecified atom stereocenters. The maximum Gasteiger partial charge on any atom is 0.144 e. The van der Waals surface area contributed by atoms with Gasteiger partial charge in [-0.3, -0.25) is 0 Å². The topological polar surface area (TPSA) is 188 Å².